The van der Waals surface area contributed by atoms with Crippen LogP contribution in [0.5, 0.6) is 0 Å². The molecule has 80 valence electrons. The Morgan fingerprint density at radius 2 is 2.20 bits per heavy atom. The molecule has 0 heterocycles. The van der Waals surface area contributed by atoms with Gasteiger partial charge in [-0.25, -0.2) is 0 Å². The van der Waals surface area contributed by atoms with Crippen molar-refractivity contribution >= 4 is 23.5 Å². The Balaban J connectivity index is 3.03. The summed E-state index contributed by atoms with van der Waals surface area (Å²) in [5, 5.41) is 16.3. The highest BCUT2D eigenvalue weighted by Gasteiger charge is 2.11. The van der Waals surface area contributed by atoms with E-state index in [1.165, 1.54) is 18.3 Å². The molecule has 1 aromatic carbocycles. The third kappa shape index (κ3) is 3.21. The second-order valence-corrected chi connectivity index (χ2v) is 3.47. The van der Waals surface area contributed by atoms with E-state index >= 15 is 0 Å². The van der Waals surface area contributed by atoms with Crippen molar-refractivity contribution in [2.75, 3.05) is 14.1 Å². The van der Waals surface area contributed by atoms with Crippen molar-refractivity contribution in [3.63, 3.8) is 0 Å². The van der Waals surface area contributed by atoms with Crippen molar-refractivity contribution in [3.05, 3.63) is 38.9 Å². The molecule has 0 fully saturated rings. The molecule has 6 heteroatoms. The molecule has 1 rings (SSSR count). The second kappa shape index (κ2) is 4.75. The SMILES string of the molecule is CN(C)N=Cc1ccc(Cl)c([N+](=O)[O-])c1. The number of nitro benzene ring substituents is 1. The Morgan fingerprint density at radius 1 is 1.53 bits per heavy atom. The standard InChI is InChI=1S/C9H10ClN3O2/c1-12(2)11-6-7-3-4-8(10)9(5-7)13(14)15/h3-6H,1-2H3. The van der Waals surface area contributed by atoms with Crippen LogP contribution in [0.4, 0.5) is 5.69 Å². The third-order valence-corrected chi connectivity index (χ3v) is 1.92. The monoisotopic (exact) mass is 227 g/mol. The zero-order chi connectivity index (χ0) is 11.4. The first-order valence-electron chi connectivity index (χ1n) is 4.16. The maximum atomic E-state index is 10.6. The summed E-state index contributed by atoms with van der Waals surface area (Å²) >= 11 is 5.66. The minimum atomic E-state index is -0.519. The molecule has 0 N–H and O–H groups in total. The number of rotatable bonds is 3. The van der Waals surface area contributed by atoms with Gasteiger partial charge in [0.15, 0.2) is 0 Å². The van der Waals surface area contributed by atoms with Crippen LogP contribution in [0.15, 0.2) is 23.3 Å². The number of hydrogen-bond donors (Lipinski definition) is 0. The normalized spacial score (nSPS) is 10.6. The minimum Gasteiger partial charge on any atom is -0.303 e. The van der Waals surface area contributed by atoms with Gasteiger partial charge in [-0.3, -0.25) is 10.1 Å². The molecule has 0 aliphatic carbocycles. The van der Waals surface area contributed by atoms with Gasteiger partial charge >= 0.3 is 0 Å². The molecule has 1 aromatic rings. The molecule has 0 unspecified atom stereocenters. The van der Waals surface area contributed by atoms with Gasteiger partial charge < -0.3 is 5.01 Å². The van der Waals surface area contributed by atoms with E-state index < -0.39 is 4.92 Å². The predicted octanol–water partition coefficient (Wildman–Crippen LogP) is 2.14. The molecule has 0 amide bonds. The molecule has 0 saturated heterocycles. The van der Waals surface area contributed by atoms with Gasteiger partial charge in [0, 0.05) is 25.7 Å². The van der Waals surface area contributed by atoms with E-state index in [0.29, 0.717) is 5.56 Å². The van der Waals surface area contributed by atoms with E-state index in [9.17, 15) is 10.1 Å². The molecule has 0 aliphatic heterocycles. The van der Waals surface area contributed by atoms with Crippen molar-refractivity contribution in [2.24, 2.45) is 5.10 Å². The van der Waals surface area contributed by atoms with Crippen LogP contribution in [0.2, 0.25) is 5.02 Å². The summed E-state index contributed by atoms with van der Waals surface area (Å²) in [6.07, 6.45) is 1.53. The van der Waals surface area contributed by atoms with Gasteiger partial charge in [-0.2, -0.15) is 5.10 Å². The van der Waals surface area contributed by atoms with Crippen LogP contribution in [0.3, 0.4) is 0 Å². The molecule has 0 saturated carbocycles. The van der Waals surface area contributed by atoms with E-state index in [1.54, 1.807) is 25.2 Å². The van der Waals surface area contributed by atoms with Gasteiger partial charge in [0.2, 0.25) is 0 Å². The molecule has 15 heavy (non-hydrogen) atoms. The summed E-state index contributed by atoms with van der Waals surface area (Å²) in [7, 11) is 3.53. The van der Waals surface area contributed by atoms with Crippen LogP contribution in [0.1, 0.15) is 5.56 Å². The van der Waals surface area contributed by atoms with Crippen molar-refractivity contribution in [1.29, 1.82) is 0 Å². The van der Waals surface area contributed by atoms with Gasteiger partial charge in [-0.15, -0.1) is 0 Å². The number of nitro groups is 1. The summed E-state index contributed by atoms with van der Waals surface area (Å²) in [5.41, 5.74) is 0.527. The number of nitrogens with zero attached hydrogens (tertiary/aromatic N) is 3. The minimum absolute atomic E-state index is 0.112. The smallest absolute Gasteiger partial charge is 0.288 e. The van der Waals surface area contributed by atoms with Crippen molar-refractivity contribution < 1.29 is 4.92 Å². The van der Waals surface area contributed by atoms with Crippen LogP contribution in [-0.2, 0) is 0 Å². The van der Waals surface area contributed by atoms with Crippen molar-refractivity contribution in [1.82, 2.24) is 5.01 Å². The van der Waals surface area contributed by atoms with Gasteiger partial charge in [-0.05, 0) is 6.07 Å². The molecular formula is C9H10ClN3O2. The van der Waals surface area contributed by atoms with Crippen molar-refractivity contribution in [2.45, 2.75) is 0 Å². The fraction of sp³-hybridized carbons (Fsp3) is 0.222. The Morgan fingerprint density at radius 3 is 2.73 bits per heavy atom. The highest BCUT2D eigenvalue weighted by Crippen LogP contribution is 2.24. The molecule has 0 bridgehead atoms. The maximum absolute atomic E-state index is 10.6. The number of hydrogen-bond acceptors (Lipinski definition) is 4. The molecule has 0 atom stereocenters. The van der Waals surface area contributed by atoms with E-state index in [-0.39, 0.29) is 10.7 Å². The van der Waals surface area contributed by atoms with Crippen LogP contribution in [0, 0.1) is 10.1 Å². The summed E-state index contributed by atoms with van der Waals surface area (Å²) in [5.74, 6) is 0. The molecule has 0 spiro atoms. The Hall–Kier alpha value is -1.62. The van der Waals surface area contributed by atoms with Crippen LogP contribution < -0.4 is 0 Å². The summed E-state index contributed by atoms with van der Waals surface area (Å²) in [6.45, 7) is 0. The lowest BCUT2D eigenvalue weighted by Gasteiger charge is -2.02. The summed E-state index contributed by atoms with van der Waals surface area (Å²) in [4.78, 5) is 10.1. The largest absolute Gasteiger partial charge is 0.303 e. The first-order chi connectivity index (χ1) is 7.00. The lowest BCUT2D eigenvalue weighted by Crippen LogP contribution is -2.02. The lowest BCUT2D eigenvalue weighted by molar-refractivity contribution is -0.384. The van der Waals surface area contributed by atoms with Crippen LogP contribution in [0.25, 0.3) is 0 Å². The fourth-order valence-corrected chi connectivity index (χ4v) is 1.12. The molecule has 0 aromatic heterocycles. The zero-order valence-corrected chi connectivity index (χ0v) is 9.10. The third-order valence-electron chi connectivity index (χ3n) is 1.60. The van der Waals surface area contributed by atoms with Gasteiger partial charge in [0.25, 0.3) is 5.69 Å². The van der Waals surface area contributed by atoms with Crippen LogP contribution in [-0.4, -0.2) is 30.2 Å². The lowest BCUT2D eigenvalue weighted by atomic mass is 10.2. The van der Waals surface area contributed by atoms with Gasteiger partial charge in [0.05, 0.1) is 11.1 Å². The highest BCUT2D eigenvalue weighted by molar-refractivity contribution is 6.32. The molecule has 5 nitrogen and oxygen atoms in total. The van der Waals surface area contributed by atoms with E-state index in [4.69, 9.17) is 11.6 Å². The summed E-state index contributed by atoms with van der Waals surface area (Å²) < 4.78 is 0. The molecule has 0 aliphatic rings. The van der Waals surface area contributed by atoms with E-state index in [1.807, 2.05) is 0 Å². The predicted molar refractivity (Wildman–Crippen MR) is 59.4 cm³/mol. The Labute approximate surface area is 92.1 Å². The average molecular weight is 228 g/mol. The topological polar surface area (TPSA) is 58.7 Å². The van der Waals surface area contributed by atoms with Gasteiger partial charge in [0.1, 0.15) is 5.02 Å². The average Bonchev–Trinajstić information content (AvgIpc) is 2.16. The van der Waals surface area contributed by atoms with E-state index in [0.717, 1.165) is 0 Å². The quantitative estimate of drug-likeness (QED) is 0.452. The Kier molecular flexibility index (Phi) is 3.62. The fourth-order valence-electron chi connectivity index (χ4n) is 0.932. The second-order valence-electron chi connectivity index (χ2n) is 3.06. The zero-order valence-electron chi connectivity index (χ0n) is 8.35. The Bertz CT molecular complexity index is 404. The van der Waals surface area contributed by atoms with E-state index in [2.05, 4.69) is 5.10 Å². The van der Waals surface area contributed by atoms with Gasteiger partial charge in [-0.1, -0.05) is 17.7 Å². The molecule has 0 radical (unpaired) electrons. The van der Waals surface area contributed by atoms with Crippen LogP contribution >= 0.6 is 11.6 Å². The molecular weight excluding hydrogens is 218 g/mol. The number of benzene rings is 1. The maximum Gasteiger partial charge on any atom is 0.288 e. The highest BCUT2D eigenvalue weighted by atomic mass is 35.5. The first kappa shape index (κ1) is 11.5. The number of halogens is 1. The summed E-state index contributed by atoms with van der Waals surface area (Å²) in [6, 6.07) is 4.54. The van der Waals surface area contributed by atoms with Crippen molar-refractivity contribution in [3.8, 4) is 0 Å². The number of hydrazone groups is 1. The first-order valence-corrected chi connectivity index (χ1v) is 4.54.